The van der Waals surface area contributed by atoms with Crippen LogP contribution in [-0.4, -0.2) is 14.2 Å². The molecule has 0 saturated carbocycles. The number of methoxy groups -OCH3 is 2. The van der Waals surface area contributed by atoms with E-state index in [1.807, 2.05) is 36.4 Å². The van der Waals surface area contributed by atoms with Gasteiger partial charge in [-0.05, 0) is 57.7 Å². The molecule has 0 aliphatic rings. The van der Waals surface area contributed by atoms with Gasteiger partial charge in [-0.3, -0.25) is 0 Å². The molecule has 0 saturated heterocycles. The predicted octanol–water partition coefficient (Wildman–Crippen LogP) is 6.71. The summed E-state index contributed by atoms with van der Waals surface area (Å²) in [6.45, 7) is 0. The van der Waals surface area contributed by atoms with Gasteiger partial charge in [0, 0.05) is 0 Å². The number of hydrogen-bond donors (Lipinski definition) is 0. The van der Waals surface area contributed by atoms with Gasteiger partial charge in [0.1, 0.15) is 11.5 Å². The highest BCUT2D eigenvalue weighted by Gasteiger charge is 2.16. The summed E-state index contributed by atoms with van der Waals surface area (Å²) in [5.41, 5.74) is 6.95. The van der Waals surface area contributed by atoms with E-state index in [1.54, 1.807) is 14.2 Å². The Hall–Kier alpha value is -3.78. The second-order valence-corrected chi connectivity index (χ2v) is 6.94. The highest BCUT2D eigenvalue weighted by atomic mass is 16.5. The van der Waals surface area contributed by atoms with Gasteiger partial charge in [-0.25, -0.2) is 0 Å². The van der Waals surface area contributed by atoms with Gasteiger partial charge in [-0.15, -0.1) is 0 Å². The summed E-state index contributed by atoms with van der Waals surface area (Å²) < 4.78 is 10.8. The van der Waals surface area contributed by atoms with Gasteiger partial charge in [0.15, 0.2) is 0 Å². The third-order valence-corrected chi connectivity index (χ3v) is 5.13. The molecule has 0 heterocycles. The molecule has 4 aromatic carbocycles. The minimum Gasteiger partial charge on any atom is -0.497 e. The molecule has 0 spiro atoms. The molecule has 0 fully saturated rings. The molecule has 0 aliphatic carbocycles. The van der Waals surface area contributed by atoms with E-state index in [0.717, 1.165) is 33.8 Å². The average molecular weight is 392 g/mol. The molecule has 148 valence electrons. The lowest BCUT2D eigenvalue weighted by molar-refractivity contribution is 0.414. The fourth-order valence-electron chi connectivity index (χ4n) is 3.64. The summed E-state index contributed by atoms with van der Waals surface area (Å²) in [6.07, 6.45) is 0. The van der Waals surface area contributed by atoms with Crippen LogP contribution in [0.25, 0.3) is 11.1 Å². The Balaban J connectivity index is 2.03. The molecule has 2 heteroatoms. The molecular formula is C28H24O2. The third-order valence-electron chi connectivity index (χ3n) is 5.13. The number of ether oxygens (including phenoxy) is 2. The van der Waals surface area contributed by atoms with Crippen molar-refractivity contribution in [3.8, 4) is 11.5 Å². The maximum atomic E-state index is 5.38. The van der Waals surface area contributed by atoms with E-state index in [4.69, 9.17) is 9.47 Å². The molecule has 0 aliphatic heterocycles. The molecule has 0 bridgehead atoms. The van der Waals surface area contributed by atoms with Crippen LogP contribution < -0.4 is 9.47 Å². The highest BCUT2D eigenvalue weighted by molar-refractivity contribution is 6.04. The number of rotatable bonds is 6. The van der Waals surface area contributed by atoms with E-state index in [1.165, 1.54) is 11.1 Å². The highest BCUT2D eigenvalue weighted by Crippen LogP contribution is 2.37. The molecule has 4 rings (SSSR count). The van der Waals surface area contributed by atoms with Crippen molar-refractivity contribution in [1.82, 2.24) is 0 Å². The standard InChI is InChI=1S/C28H24O2/c1-29-25-17-13-23(14-18-25)27(21-9-5-3-6-10-21)28(22-11-7-4-8-12-22)24-15-19-26(30-2)20-16-24/h3-20H,1-2H3/b28-27+. The Labute approximate surface area is 178 Å². The first-order valence-corrected chi connectivity index (χ1v) is 9.94. The average Bonchev–Trinajstić information content (AvgIpc) is 2.84. The molecule has 0 aromatic heterocycles. The molecule has 4 aromatic rings. The third kappa shape index (κ3) is 4.13. The minimum atomic E-state index is 0.844. The summed E-state index contributed by atoms with van der Waals surface area (Å²) in [5, 5.41) is 0. The SMILES string of the molecule is COc1ccc(/C(=C(\c2ccccc2)c2ccc(OC)cc2)c2ccccc2)cc1. The van der Waals surface area contributed by atoms with Crippen LogP contribution in [0.15, 0.2) is 109 Å². The molecule has 0 radical (unpaired) electrons. The first kappa shape index (κ1) is 19.5. The molecule has 30 heavy (non-hydrogen) atoms. The second kappa shape index (κ2) is 9.15. The van der Waals surface area contributed by atoms with Gasteiger partial charge >= 0.3 is 0 Å². The zero-order chi connectivity index (χ0) is 20.8. The van der Waals surface area contributed by atoms with Crippen molar-refractivity contribution in [2.75, 3.05) is 14.2 Å². The van der Waals surface area contributed by atoms with Crippen LogP contribution >= 0.6 is 0 Å². The van der Waals surface area contributed by atoms with E-state index >= 15 is 0 Å². The summed E-state index contributed by atoms with van der Waals surface area (Å²) >= 11 is 0. The zero-order valence-electron chi connectivity index (χ0n) is 17.2. The maximum Gasteiger partial charge on any atom is 0.118 e. The van der Waals surface area contributed by atoms with Gasteiger partial charge in [0.2, 0.25) is 0 Å². The van der Waals surface area contributed by atoms with Crippen molar-refractivity contribution < 1.29 is 9.47 Å². The topological polar surface area (TPSA) is 18.5 Å². The molecule has 0 N–H and O–H groups in total. The van der Waals surface area contributed by atoms with Gasteiger partial charge in [0.05, 0.1) is 14.2 Å². The monoisotopic (exact) mass is 392 g/mol. The van der Waals surface area contributed by atoms with Gasteiger partial charge in [0.25, 0.3) is 0 Å². The quantitative estimate of drug-likeness (QED) is 0.339. The second-order valence-electron chi connectivity index (χ2n) is 6.94. The van der Waals surface area contributed by atoms with Crippen molar-refractivity contribution in [3.05, 3.63) is 131 Å². The normalized spacial score (nSPS) is 11.5. The van der Waals surface area contributed by atoms with E-state index in [2.05, 4.69) is 72.8 Å². The van der Waals surface area contributed by atoms with Gasteiger partial charge < -0.3 is 9.47 Å². The lowest BCUT2D eigenvalue weighted by Crippen LogP contribution is -1.98. The summed E-state index contributed by atoms with van der Waals surface area (Å²) in [5.74, 6) is 1.69. The minimum absolute atomic E-state index is 0.844. The van der Waals surface area contributed by atoms with Crippen LogP contribution in [0.4, 0.5) is 0 Å². The smallest absolute Gasteiger partial charge is 0.118 e. The van der Waals surface area contributed by atoms with Crippen LogP contribution in [0.5, 0.6) is 11.5 Å². The van der Waals surface area contributed by atoms with Gasteiger partial charge in [-0.2, -0.15) is 0 Å². The lowest BCUT2D eigenvalue weighted by Gasteiger charge is -2.18. The molecule has 0 unspecified atom stereocenters. The Morgan fingerprint density at radius 1 is 0.400 bits per heavy atom. The lowest BCUT2D eigenvalue weighted by atomic mass is 9.86. The van der Waals surface area contributed by atoms with E-state index < -0.39 is 0 Å². The molecule has 0 amide bonds. The van der Waals surface area contributed by atoms with Gasteiger partial charge in [-0.1, -0.05) is 84.9 Å². The van der Waals surface area contributed by atoms with Crippen molar-refractivity contribution in [2.24, 2.45) is 0 Å². The predicted molar refractivity (Wildman–Crippen MR) is 124 cm³/mol. The van der Waals surface area contributed by atoms with Crippen LogP contribution in [-0.2, 0) is 0 Å². The van der Waals surface area contributed by atoms with Crippen LogP contribution in [0.2, 0.25) is 0 Å². The first-order valence-electron chi connectivity index (χ1n) is 9.94. The Kier molecular flexibility index (Phi) is 5.95. The van der Waals surface area contributed by atoms with E-state index in [0.29, 0.717) is 0 Å². The van der Waals surface area contributed by atoms with E-state index in [9.17, 15) is 0 Å². The summed E-state index contributed by atoms with van der Waals surface area (Å²) in [4.78, 5) is 0. The van der Waals surface area contributed by atoms with Crippen LogP contribution in [0.1, 0.15) is 22.3 Å². The molecule has 2 nitrogen and oxygen atoms in total. The van der Waals surface area contributed by atoms with Crippen molar-refractivity contribution >= 4 is 11.1 Å². The van der Waals surface area contributed by atoms with Crippen LogP contribution in [0.3, 0.4) is 0 Å². The van der Waals surface area contributed by atoms with Crippen molar-refractivity contribution in [2.45, 2.75) is 0 Å². The number of hydrogen-bond acceptors (Lipinski definition) is 2. The Morgan fingerprint density at radius 3 is 1.00 bits per heavy atom. The fraction of sp³-hybridized carbons (Fsp3) is 0.0714. The number of benzene rings is 4. The maximum absolute atomic E-state index is 5.38. The molecule has 0 atom stereocenters. The zero-order valence-corrected chi connectivity index (χ0v) is 17.2. The summed E-state index contributed by atoms with van der Waals surface area (Å²) in [7, 11) is 3.38. The van der Waals surface area contributed by atoms with Crippen LogP contribution in [0, 0.1) is 0 Å². The van der Waals surface area contributed by atoms with Crippen molar-refractivity contribution in [3.63, 3.8) is 0 Å². The molecular weight excluding hydrogens is 368 g/mol. The first-order chi connectivity index (χ1) is 14.8. The largest absolute Gasteiger partial charge is 0.497 e. The summed E-state index contributed by atoms with van der Waals surface area (Å²) in [6, 6.07) is 37.6. The van der Waals surface area contributed by atoms with Crippen molar-refractivity contribution in [1.29, 1.82) is 0 Å². The Bertz CT molecular complexity index is 1020. The fourth-order valence-corrected chi connectivity index (χ4v) is 3.64. The van der Waals surface area contributed by atoms with E-state index in [-0.39, 0.29) is 0 Å². The Morgan fingerprint density at radius 2 is 0.700 bits per heavy atom.